The summed E-state index contributed by atoms with van der Waals surface area (Å²) < 4.78 is 0. The number of hydrogen-bond donors (Lipinski definition) is 2. The second-order valence-electron chi connectivity index (χ2n) is 6.50. The number of benzene rings is 1. The Labute approximate surface area is 148 Å². The number of urea groups is 1. The number of carbonyl (C=O) groups is 3. The maximum atomic E-state index is 12.6. The van der Waals surface area contributed by atoms with Crippen LogP contribution in [0.5, 0.6) is 0 Å². The summed E-state index contributed by atoms with van der Waals surface area (Å²) in [6.07, 6.45) is 1.54. The Balaban J connectivity index is 2.12. The van der Waals surface area contributed by atoms with Crippen LogP contribution < -0.4 is 10.6 Å². The van der Waals surface area contributed by atoms with Crippen molar-refractivity contribution in [2.75, 3.05) is 11.9 Å². The van der Waals surface area contributed by atoms with Gasteiger partial charge in [-0.2, -0.15) is 0 Å². The molecule has 0 unspecified atom stereocenters. The van der Waals surface area contributed by atoms with Gasteiger partial charge in [0.1, 0.15) is 0 Å². The van der Waals surface area contributed by atoms with Gasteiger partial charge in [-0.3, -0.25) is 19.8 Å². The lowest BCUT2D eigenvalue weighted by atomic mass is 10.00. The van der Waals surface area contributed by atoms with Gasteiger partial charge in [0.25, 0.3) is 0 Å². The number of carbonyl (C=O) groups excluding carboxylic acids is 3. The van der Waals surface area contributed by atoms with Crippen LogP contribution in [0.4, 0.5) is 10.5 Å². The molecule has 6 heteroatoms. The van der Waals surface area contributed by atoms with Gasteiger partial charge < -0.3 is 5.32 Å². The van der Waals surface area contributed by atoms with E-state index < -0.39 is 23.8 Å². The van der Waals surface area contributed by atoms with Crippen molar-refractivity contribution in [1.29, 1.82) is 0 Å². The monoisotopic (exact) mass is 343 g/mol. The lowest BCUT2D eigenvalue weighted by molar-refractivity contribution is -0.140. The third-order valence-electron chi connectivity index (χ3n) is 4.22. The van der Waals surface area contributed by atoms with Crippen LogP contribution in [0.1, 0.15) is 45.1 Å². The normalized spacial score (nSPS) is 17.7. The number of imide groups is 2. The van der Waals surface area contributed by atoms with Crippen molar-refractivity contribution >= 4 is 23.5 Å². The molecule has 0 spiro atoms. The summed E-state index contributed by atoms with van der Waals surface area (Å²) in [6, 6.07) is 7.08. The van der Waals surface area contributed by atoms with E-state index in [1.165, 1.54) is 5.56 Å². The summed E-state index contributed by atoms with van der Waals surface area (Å²) in [5.41, 5.74) is 2.19. The molecular formula is C19H25N3O3. The zero-order valence-electron chi connectivity index (χ0n) is 15.0. The lowest BCUT2D eigenvalue weighted by Gasteiger charge is -2.31. The minimum Gasteiger partial charge on any atom is -0.358 e. The van der Waals surface area contributed by atoms with Gasteiger partial charge in [0.05, 0.1) is 0 Å². The Bertz CT molecular complexity index is 680. The van der Waals surface area contributed by atoms with E-state index in [9.17, 15) is 14.4 Å². The smallest absolute Gasteiger partial charge is 0.330 e. The number of unbranched alkanes of at least 4 members (excludes halogenated alkanes) is 1. The summed E-state index contributed by atoms with van der Waals surface area (Å²) in [5, 5.41) is 5.25. The van der Waals surface area contributed by atoms with E-state index in [1.54, 1.807) is 0 Å². The molecule has 1 heterocycles. The molecule has 0 saturated carbocycles. The maximum Gasteiger partial charge on any atom is 0.330 e. The Morgan fingerprint density at radius 2 is 1.88 bits per heavy atom. The quantitative estimate of drug-likeness (QED) is 0.745. The molecule has 6 nitrogen and oxygen atoms in total. The first-order valence-electron chi connectivity index (χ1n) is 8.57. The molecule has 1 aromatic carbocycles. The second kappa shape index (κ2) is 7.96. The van der Waals surface area contributed by atoms with Gasteiger partial charge in [-0.25, -0.2) is 4.79 Å². The maximum absolute atomic E-state index is 12.6. The van der Waals surface area contributed by atoms with Crippen molar-refractivity contribution in [3.63, 3.8) is 0 Å². The van der Waals surface area contributed by atoms with E-state index in [-0.39, 0.29) is 5.70 Å². The van der Waals surface area contributed by atoms with E-state index in [2.05, 4.69) is 31.1 Å². The Kier molecular flexibility index (Phi) is 5.96. The van der Waals surface area contributed by atoms with Crippen LogP contribution in [-0.2, 0) is 9.59 Å². The third-order valence-corrected chi connectivity index (χ3v) is 4.22. The predicted octanol–water partition coefficient (Wildman–Crippen LogP) is 3.23. The molecule has 1 aliphatic heterocycles. The highest BCUT2D eigenvalue weighted by atomic mass is 16.2. The molecule has 0 bridgehead atoms. The first kappa shape index (κ1) is 18.7. The topological polar surface area (TPSA) is 78.5 Å². The van der Waals surface area contributed by atoms with Crippen molar-refractivity contribution in [1.82, 2.24) is 10.2 Å². The summed E-state index contributed by atoms with van der Waals surface area (Å²) in [7, 11) is 0. The molecule has 1 atom stereocenters. The molecule has 4 amide bonds. The first-order chi connectivity index (χ1) is 11.8. The third kappa shape index (κ3) is 4.26. The molecule has 1 fully saturated rings. The molecule has 2 N–H and O–H groups in total. The van der Waals surface area contributed by atoms with E-state index in [0.717, 1.165) is 17.0 Å². The van der Waals surface area contributed by atoms with Gasteiger partial charge in [0.2, 0.25) is 11.8 Å². The highest BCUT2D eigenvalue weighted by Gasteiger charge is 2.41. The molecule has 0 aromatic heterocycles. The number of nitrogens with one attached hydrogen (secondary N) is 2. The summed E-state index contributed by atoms with van der Waals surface area (Å²) in [5.74, 6) is -1.86. The van der Waals surface area contributed by atoms with Gasteiger partial charge in [-0.15, -0.1) is 0 Å². The van der Waals surface area contributed by atoms with E-state index in [4.69, 9.17) is 0 Å². The van der Waals surface area contributed by atoms with Gasteiger partial charge in [0.15, 0.2) is 5.92 Å². The van der Waals surface area contributed by atoms with Crippen LogP contribution in [0.15, 0.2) is 36.5 Å². The molecule has 0 radical (unpaired) electrons. The van der Waals surface area contributed by atoms with Gasteiger partial charge in [0, 0.05) is 17.9 Å². The summed E-state index contributed by atoms with van der Waals surface area (Å²) >= 11 is 0. The van der Waals surface area contributed by atoms with Crippen LogP contribution in [-0.4, -0.2) is 29.3 Å². The average Bonchev–Trinajstić information content (AvgIpc) is 2.54. The minimum absolute atomic E-state index is 0.258. The number of barbiturate groups is 1. The van der Waals surface area contributed by atoms with E-state index in [0.29, 0.717) is 18.9 Å². The number of hydrogen-bond acceptors (Lipinski definition) is 4. The second-order valence-corrected chi connectivity index (χ2v) is 6.50. The number of nitrogens with zero attached hydrogens (tertiary/aromatic N) is 1. The fourth-order valence-electron chi connectivity index (χ4n) is 2.66. The molecule has 1 saturated heterocycles. The Morgan fingerprint density at radius 3 is 2.44 bits per heavy atom. The Hall–Kier alpha value is -2.63. The highest BCUT2D eigenvalue weighted by Crippen LogP contribution is 2.22. The first-order valence-corrected chi connectivity index (χ1v) is 8.57. The minimum atomic E-state index is -1.11. The standard InChI is InChI=1S/C19H25N3O3/c1-5-6-11-22-18(24)16(17(23)21-19(22)25)13(4)20-15-9-7-14(8-10-15)12(2)3/h7-10,12,16,20H,4-6,11H2,1-3H3,(H,21,23,25)/t16-/m1/s1. The Morgan fingerprint density at radius 1 is 1.24 bits per heavy atom. The summed E-state index contributed by atoms with van der Waals surface area (Å²) in [4.78, 5) is 37.7. The SMILES string of the molecule is C=C(Nc1ccc(C(C)C)cc1)[C@@H]1C(=O)NC(=O)N(CCCC)C1=O. The van der Waals surface area contributed by atoms with Crippen molar-refractivity contribution < 1.29 is 14.4 Å². The van der Waals surface area contributed by atoms with Crippen LogP contribution in [0.3, 0.4) is 0 Å². The highest BCUT2D eigenvalue weighted by molar-refractivity contribution is 6.17. The molecular weight excluding hydrogens is 318 g/mol. The fraction of sp³-hybridized carbons (Fsp3) is 0.421. The van der Waals surface area contributed by atoms with Crippen LogP contribution in [0.25, 0.3) is 0 Å². The van der Waals surface area contributed by atoms with Crippen molar-refractivity contribution in [3.05, 3.63) is 42.1 Å². The molecule has 1 aromatic rings. The van der Waals surface area contributed by atoms with Gasteiger partial charge >= 0.3 is 6.03 Å². The molecule has 2 rings (SSSR count). The largest absolute Gasteiger partial charge is 0.358 e. The molecule has 0 aliphatic carbocycles. The molecule has 25 heavy (non-hydrogen) atoms. The average molecular weight is 343 g/mol. The number of rotatable bonds is 7. The van der Waals surface area contributed by atoms with E-state index >= 15 is 0 Å². The van der Waals surface area contributed by atoms with Crippen molar-refractivity contribution in [2.24, 2.45) is 5.92 Å². The fourth-order valence-corrected chi connectivity index (χ4v) is 2.66. The molecule has 1 aliphatic rings. The summed E-state index contributed by atoms with van der Waals surface area (Å²) in [6.45, 7) is 10.3. The van der Waals surface area contributed by atoms with Crippen LogP contribution in [0, 0.1) is 5.92 Å². The van der Waals surface area contributed by atoms with E-state index in [1.807, 2.05) is 31.2 Å². The zero-order chi connectivity index (χ0) is 18.6. The lowest BCUT2D eigenvalue weighted by Crippen LogP contribution is -2.58. The number of amides is 4. The van der Waals surface area contributed by atoms with Crippen LogP contribution >= 0.6 is 0 Å². The van der Waals surface area contributed by atoms with Crippen molar-refractivity contribution in [3.8, 4) is 0 Å². The molecule has 134 valence electrons. The van der Waals surface area contributed by atoms with Crippen molar-refractivity contribution in [2.45, 2.75) is 39.5 Å². The number of anilines is 1. The zero-order valence-corrected chi connectivity index (χ0v) is 15.0. The van der Waals surface area contributed by atoms with Gasteiger partial charge in [-0.1, -0.05) is 45.9 Å². The van der Waals surface area contributed by atoms with Crippen LogP contribution in [0.2, 0.25) is 0 Å². The predicted molar refractivity (Wildman–Crippen MR) is 96.9 cm³/mol. The van der Waals surface area contributed by atoms with Gasteiger partial charge in [-0.05, 0) is 30.0 Å².